The van der Waals surface area contributed by atoms with Gasteiger partial charge in [0.25, 0.3) is 5.69 Å². The second kappa shape index (κ2) is 11.4. The highest BCUT2D eigenvalue weighted by Gasteiger charge is 2.28. The summed E-state index contributed by atoms with van der Waals surface area (Å²) in [4.78, 5) is 36.1. The van der Waals surface area contributed by atoms with Gasteiger partial charge in [0, 0.05) is 63.0 Å². The third-order valence-electron chi connectivity index (χ3n) is 5.30. The molecule has 1 aliphatic heterocycles. The third-order valence-corrected chi connectivity index (χ3v) is 7.47. The highest BCUT2D eigenvalue weighted by atomic mass is 35.5. The monoisotopic (exact) mass is 509 g/mol. The van der Waals surface area contributed by atoms with E-state index in [4.69, 9.17) is 11.6 Å². The predicted octanol–water partition coefficient (Wildman–Crippen LogP) is 0.987. The van der Waals surface area contributed by atoms with E-state index in [1.54, 1.807) is 24.3 Å². The van der Waals surface area contributed by atoms with Crippen LogP contribution in [0.15, 0.2) is 53.4 Å². The smallest absolute Gasteiger partial charge is 0.309 e. The summed E-state index contributed by atoms with van der Waals surface area (Å²) in [5.41, 5.74) is 0.636. The molecular formula is C21H24ClN5O6S. The highest BCUT2D eigenvalue weighted by Crippen LogP contribution is 2.20. The summed E-state index contributed by atoms with van der Waals surface area (Å²) in [6.45, 7) is 2.29. The first-order chi connectivity index (χ1) is 16.2. The molecular weight excluding hydrogens is 486 g/mol. The van der Waals surface area contributed by atoms with Gasteiger partial charge in [-0.2, -0.15) is 4.31 Å². The van der Waals surface area contributed by atoms with Crippen molar-refractivity contribution in [2.24, 2.45) is 0 Å². The van der Waals surface area contributed by atoms with Gasteiger partial charge in [0.2, 0.25) is 10.0 Å². The Labute approximate surface area is 201 Å². The van der Waals surface area contributed by atoms with Crippen LogP contribution in [0.25, 0.3) is 0 Å². The fourth-order valence-electron chi connectivity index (χ4n) is 3.36. The summed E-state index contributed by atoms with van der Waals surface area (Å²) in [5, 5.41) is 16.4. The van der Waals surface area contributed by atoms with Crippen molar-refractivity contribution in [3.63, 3.8) is 0 Å². The molecule has 1 fully saturated rings. The third kappa shape index (κ3) is 6.73. The summed E-state index contributed by atoms with van der Waals surface area (Å²) in [6.07, 6.45) is 0. The fourth-order valence-corrected chi connectivity index (χ4v) is 4.90. The van der Waals surface area contributed by atoms with Gasteiger partial charge in [-0.3, -0.25) is 24.6 Å². The first kappa shape index (κ1) is 25.6. The van der Waals surface area contributed by atoms with Gasteiger partial charge in [-0.1, -0.05) is 23.7 Å². The number of nitrogens with zero attached hydrogens (tertiary/aromatic N) is 3. The minimum atomic E-state index is -3.75. The minimum Gasteiger partial charge on any atom is -0.347 e. The molecule has 1 aliphatic rings. The van der Waals surface area contributed by atoms with Crippen molar-refractivity contribution >= 4 is 39.1 Å². The zero-order valence-corrected chi connectivity index (χ0v) is 19.7. The van der Waals surface area contributed by atoms with Crippen molar-refractivity contribution in [1.29, 1.82) is 0 Å². The normalized spacial score (nSPS) is 15.0. The number of benzene rings is 2. The number of carbonyl (C=O) groups is 2. The zero-order chi connectivity index (χ0) is 24.7. The molecule has 34 heavy (non-hydrogen) atoms. The molecule has 0 aromatic heterocycles. The van der Waals surface area contributed by atoms with Gasteiger partial charge in [-0.05, 0) is 29.8 Å². The first-order valence-corrected chi connectivity index (χ1v) is 12.3. The molecule has 0 radical (unpaired) electrons. The van der Waals surface area contributed by atoms with E-state index in [0.29, 0.717) is 24.7 Å². The number of carbonyl (C=O) groups excluding carboxylic acids is 2. The Morgan fingerprint density at radius 2 is 1.53 bits per heavy atom. The average Bonchev–Trinajstić information content (AvgIpc) is 2.83. The molecule has 0 aliphatic carbocycles. The summed E-state index contributed by atoms with van der Waals surface area (Å²) < 4.78 is 26.9. The van der Waals surface area contributed by atoms with E-state index >= 15 is 0 Å². The number of rotatable bonds is 8. The van der Waals surface area contributed by atoms with E-state index in [2.05, 4.69) is 10.6 Å². The number of hydrogen-bond acceptors (Lipinski definition) is 7. The van der Waals surface area contributed by atoms with Crippen LogP contribution < -0.4 is 10.6 Å². The number of nitrogens with one attached hydrogen (secondary N) is 2. The van der Waals surface area contributed by atoms with E-state index in [9.17, 15) is 28.1 Å². The Hall–Kier alpha value is -3.06. The minimum absolute atomic E-state index is 0.00317. The maximum atomic E-state index is 12.8. The molecule has 2 N–H and O–H groups in total. The van der Waals surface area contributed by atoms with E-state index in [1.165, 1.54) is 16.4 Å². The summed E-state index contributed by atoms with van der Waals surface area (Å²) >= 11 is 5.81. The quantitative estimate of drug-likeness (QED) is 0.307. The molecule has 0 unspecified atom stereocenters. The van der Waals surface area contributed by atoms with Gasteiger partial charge in [-0.15, -0.1) is 0 Å². The number of halogens is 1. The lowest BCUT2D eigenvalue weighted by Crippen LogP contribution is -2.50. The number of non-ortho nitro benzene ring substituents is 1. The maximum Gasteiger partial charge on any atom is 0.309 e. The number of piperazine rings is 1. The Morgan fingerprint density at radius 1 is 0.941 bits per heavy atom. The molecule has 3 rings (SSSR count). The topological polar surface area (TPSA) is 142 Å². The molecule has 13 heteroatoms. The van der Waals surface area contributed by atoms with Gasteiger partial charge < -0.3 is 10.6 Å². The Morgan fingerprint density at radius 3 is 2.12 bits per heavy atom. The second-order valence-corrected chi connectivity index (χ2v) is 9.94. The van der Waals surface area contributed by atoms with Crippen LogP contribution in [0.3, 0.4) is 0 Å². The van der Waals surface area contributed by atoms with Gasteiger partial charge in [-0.25, -0.2) is 8.42 Å². The van der Waals surface area contributed by atoms with Gasteiger partial charge >= 0.3 is 11.8 Å². The largest absolute Gasteiger partial charge is 0.347 e. The van der Waals surface area contributed by atoms with E-state index in [0.717, 1.165) is 17.7 Å². The number of hydrogen-bond donors (Lipinski definition) is 2. The molecule has 2 aromatic rings. The van der Waals surface area contributed by atoms with Crippen LogP contribution in [0.5, 0.6) is 0 Å². The number of nitro benzene ring substituents is 1. The molecule has 0 saturated carbocycles. The number of nitro groups is 1. The number of amides is 2. The number of sulfonamides is 1. The standard InChI is InChI=1S/C21H24ClN5O6S/c22-17-3-1-16(2-4-17)15-24-21(29)20(28)23-9-10-25-11-13-26(14-12-25)34(32,33)19-7-5-18(6-8-19)27(30)31/h1-8H,9-15H2,(H,23,28)(H,24,29). The molecule has 0 bridgehead atoms. The van der Waals surface area contributed by atoms with Crippen LogP contribution in [0.4, 0.5) is 5.69 Å². The Balaban J connectivity index is 1.39. The van der Waals surface area contributed by atoms with Crippen LogP contribution in [0.2, 0.25) is 5.02 Å². The first-order valence-electron chi connectivity index (χ1n) is 10.4. The fraction of sp³-hybridized carbons (Fsp3) is 0.333. The SMILES string of the molecule is O=C(NCCN1CCN(S(=O)(=O)c2ccc([N+](=O)[O-])cc2)CC1)C(=O)NCc1ccc(Cl)cc1. The second-order valence-electron chi connectivity index (χ2n) is 7.56. The molecule has 11 nitrogen and oxygen atoms in total. The molecule has 1 saturated heterocycles. The van der Waals surface area contributed by atoms with Crippen LogP contribution in [0, 0.1) is 10.1 Å². The summed E-state index contributed by atoms with van der Waals surface area (Å²) in [6, 6.07) is 11.7. The van der Waals surface area contributed by atoms with Crippen LogP contribution in [-0.2, 0) is 26.2 Å². The van der Waals surface area contributed by atoms with Gasteiger partial charge in [0.15, 0.2) is 0 Å². The lowest BCUT2D eigenvalue weighted by molar-refractivity contribution is -0.384. The molecule has 2 amide bonds. The molecule has 1 heterocycles. The maximum absolute atomic E-state index is 12.8. The highest BCUT2D eigenvalue weighted by molar-refractivity contribution is 7.89. The van der Waals surface area contributed by atoms with Gasteiger partial charge in [0.1, 0.15) is 0 Å². The van der Waals surface area contributed by atoms with E-state index in [1.807, 2.05) is 4.90 Å². The van der Waals surface area contributed by atoms with Crippen molar-refractivity contribution in [2.45, 2.75) is 11.4 Å². The lowest BCUT2D eigenvalue weighted by atomic mass is 10.2. The van der Waals surface area contributed by atoms with Crippen molar-refractivity contribution in [3.05, 3.63) is 69.2 Å². The Kier molecular flexibility index (Phi) is 8.56. The molecule has 182 valence electrons. The lowest BCUT2D eigenvalue weighted by Gasteiger charge is -2.33. The Bertz CT molecular complexity index is 1130. The average molecular weight is 510 g/mol. The van der Waals surface area contributed by atoms with Gasteiger partial charge in [0.05, 0.1) is 9.82 Å². The predicted molar refractivity (Wildman–Crippen MR) is 125 cm³/mol. The van der Waals surface area contributed by atoms with Crippen molar-refractivity contribution in [2.75, 3.05) is 39.3 Å². The molecule has 0 atom stereocenters. The summed E-state index contributed by atoms with van der Waals surface area (Å²) in [5.74, 6) is -1.48. The molecule has 0 spiro atoms. The molecule has 2 aromatic carbocycles. The van der Waals surface area contributed by atoms with Crippen molar-refractivity contribution < 1.29 is 22.9 Å². The van der Waals surface area contributed by atoms with Crippen LogP contribution in [-0.4, -0.2) is 73.6 Å². The summed E-state index contributed by atoms with van der Waals surface area (Å²) in [7, 11) is -3.75. The van der Waals surface area contributed by atoms with E-state index < -0.39 is 26.8 Å². The zero-order valence-electron chi connectivity index (χ0n) is 18.1. The van der Waals surface area contributed by atoms with Crippen LogP contribution in [0.1, 0.15) is 5.56 Å². The van der Waals surface area contributed by atoms with Crippen molar-refractivity contribution in [3.8, 4) is 0 Å². The van der Waals surface area contributed by atoms with E-state index in [-0.39, 0.29) is 36.8 Å². The van der Waals surface area contributed by atoms with Crippen LogP contribution >= 0.6 is 11.6 Å². The van der Waals surface area contributed by atoms with Crippen molar-refractivity contribution in [1.82, 2.24) is 19.8 Å².